The van der Waals surface area contributed by atoms with Crippen molar-refractivity contribution in [2.75, 3.05) is 7.05 Å². The van der Waals surface area contributed by atoms with Gasteiger partial charge in [-0.2, -0.15) is 5.10 Å². The predicted molar refractivity (Wildman–Crippen MR) is 70.3 cm³/mol. The Labute approximate surface area is 106 Å². The highest BCUT2D eigenvalue weighted by Crippen LogP contribution is 2.27. The van der Waals surface area contributed by atoms with E-state index in [2.05, 4.69) is 16.5 Å². The van der Waals surface area contributed by atoms with E-state index in [1.165, 1.54) is 0 Å². The number of nitrogens with zero attached hydrogens (tertiary/aromatic N) is 2. The third-order valence-electron chi connectivity index (χ3n) is 2.84. The summed E-state index contributed by atoms with van der Waals surface area (Å²) in [5.41, 5.74) is 3.19. The van der Waals surface area contributed by atoms with Gasteiger partial charge < -0.3 is 5.32 Å². The maximum atomic E-state index is 6.24. The summed E-state index contributed by atoms with van der Waals surface area (Å²) < 4.78 is 1.89. The third kappa shape index (κ3) is 2.35. The lowest BCUT2D eigenvalue weighted by atomic mass is 10.0. The lowest BCUT2D eigenvalue weighted by molar-refractivity contribution is 0.605. The van der Waals surface area contributed by atoms with Crippen molar-refractivity contribution < 1.29 is 0 Å². The number of benzene rings is 1. The van der Waals surface area contributed by atoms with E-state index >= 15 is 0 Å². The minimum Gasteiger partial charge on any atom is -0.308 e. The standard InChI is InChI=1S/C13H16ClN3/c1-9-8-12(17(3)16-9)13(15-2)10-6-4-5-7-11(10)14/h4-8,13,15H,1-3H3. The molecule has 1 aromatic carbocycles. The van der Waals surface area contributed by atoms with Crippen LogP contribution in [0.4, 0.5) is 0 Å². The number of halogens is 1. The van der Waals surface area contributed by atoms with Gasteiger partial charge in [0.1, 0.15) is 0 Å². The van der Waals surface area contributed by atoms with Gasteiger partial charge in [-0.15, -0.1) is 0 Å². The van der Waals surface area contributed by atoms with Gasteiger partial charge in [0.25, 0.3) is 0 Å². The van der Waals surface area contributed by atoms with Crippen LogP contribution in [0.15, 0.2) is 30.3 Å². The molecule has 90 valence electrons. The Bertz CT molecular complexity index is 519. The van der Waals surface area contributed by atoms with E-state index in [0.717, 1.165) is 22.0 Å². The van der Waals surface area contributed by atoms with Crippen LogP contribution < -0.4 is 5.32 Å². The van der Waals surface area contributed by atoms with Gasteiger partial charge in [0.05, 0.1) is 17.4 Å². The minimum absolute atomic E-state index is 0.0647. The summed E-state index contributed by atoms with van der Waals surface area (Å²) >= 11 is 6.24. The predicted octanol–water partition coefficient (Wildman–Crippen LogP) is 2.69. The molecule has 1 aromatic heterocycles. The number of rotatable bonds is 3. The third-order valence-corrected chi connectivity index (χ3v) is 3.18. The van der Waals surface area contributed by atoms with Crippen LogP contribution in [0.25, 0.3) is 0 Å². The number of aryl methyl sites for hydroxylation is 2. The highest BCUT2D eigenvalue weighted by Gasteiger charge is 2.18. The molecule has 0 amide bonds. The molecule has 0 spiro atoms. The first-order valence-corrected chi connectivity index (χ1v) is 5.93. The zero-order valence-electron chi connectivity index (χ0n) is 10.2. The molecule has 0 fully saturated rings. The Morgan fingerprint density at radius 1 is 1.35 bits per heavy atom. The highest BCUT2D eigenvalue weighted by atomic mass is 35.5. The Morgan fingerprint density at radius 3 is 2.59 bits per heavy atom. The number of nitrogens with one attached hydrogen (secondary N) is 1. The monoisotopic (exact) mass is 249 g/mol. The molecule has 0 radical (unpaired) electrons. The van der Waals surface area contributed by atoms with Gasteiger partial charge in [-0.3, -0.25) is 4.68 Å². The average Bonchev–Trinajstić information content (AvgIpc) is 2.62. The van der Waals surface area contributed by atoms with E-state index < -0.39 is 0 Å². The van der Waals surface area contributed by atoms with Crippen molar-refractivity contribution >= 4 is 11.6 Å². The molecule has 1 atom stereocenters. The second kappa shape index (κ2) is 4.90. The first-order chi connectivity index (χ1) is 8.13. The Morgan fingerprint density at radius 2 is 2.06 bits per heavy atom. The van der Waals surface area contributed by atoms with Gasteiger partial charge in [-0.25, -0.2) is 0 Å². The Hall–Kier alpha value is -1.32. The lowest BCUT2D eigenvalue weighted by Gasteiger charge is -2.18. The first-order valence-electron chi connectivity index (χ1n) is 5.55. The summed E-state index contributed by atoms with van der Waals surface area (Å²) in [7, 11) is 3.87. The van der Waals surface area contributed by atoms with Gasteiger partial charge in [0, 0.05) is 12.1 Å². The molecular weight excluding hydrogens is 234 g/mol. The quantitative estimate of drug-likeness (QED) is 0.907. The summed E-state index contributed by atoms with van der Waals surface area (Å²) in [6.45, 7) is 1.99. The molecule has 3 nitrogen and oxygen atoms in total. The second-order valence-corrected chi connectivity index (χ2v) is 4.48. The van der Waals surface area contributed by atoms with Crippen LogP contribution in [0.5, 0.6) is 0 Å². The number of hydrogen-bond donors (Lipinski definition) is 1. The highest BCUT2D eigenvalue weighted by molar-refractivity contribution is 6.31. The van der Waals surface area contributed by atoms with Crippen LogP contribution in [-0.4, -0.2) is 16.8 Å². The van der Waals surface area contributed by atoms with Gasteiger partial charge >= 0.3 is 0 Å². The van der Waals surface area contributed by atoms with Crippen molar-refractivity contribution in [1.29, 1.82) is 0 Å². The molecular formula is C13H16ClN3. The van der Waals surface area contributed by atoms with E-state index in [-0.39, 0.29) is 6.04 Å². The normalized spacial score (nSPS) is 12.7. The summed E-state index contributed by atoms with van der Waals surface area (Å²) in [6, 6.07) is 10.0. The molecule has 4 heteroatoms. The van der Waals surface area contributed by atoms with Crippen LogP contribution in [-0.2, 0) is 7.05 Å². The van der Waals surface area contributed by atoms with Gasteiger partial charge in [0.2, 0.25) is 0 Å². The molecule has 1 heterocycles. The molecule has 0 saturated carbocycles. The zero-order chi connectivity index (χ0) is 12.4. The fourth-order valence-electron chi connectivity index (χ4n) is 2.07. The number of aromatic nitrogens is 2. The Balaban J connectivity index is 2.47. The van der Waals surface area contributed by atoms with Crippen LogP contribution in [0.1, 0.15) is 23.0 Å². The van der Waals surface area contributed by atoms with Crippen molar-refractivity contribution in [3.05, 3.63) is 52.3 Å². The topological polar surface area (TPSA) is 29.9 Å². The minimum atomic E-state index is 0.0647. The van der Waals surface area contributed by atoms with E-state index in [0.29, 0.717) is 0 Å². The van der Waals surface area contributed by atoms with Crippen LogP contribution >= 0.6 is 11.6 Å². The molecule has 1 unspecified atom stereocenters. The number of hydrogen-bond acceptors (Lipinski definition) is 2. The van der Waals surface area contributed by atoms with Crippen molar-refractivity contribution in [3.63, 3.8) is 0 Å². The zero-order valence-corrected chi connectivity index (χ0v) is 11.0. The van der Waals surface area contributed by atoms with Crippen LogP contribution in [0.3, 0.4) is 0 Å². The SMILES string of the molecule is CNC(c1ccccc1Cl)c1cc(C)nn1C. The largest absolute Gasteiger partial charge is 0.308 e. The fourth-order valence-corrected chi connectivity index (χ4v) is 2.32. The van der Waals surface area contributed by atoms with Gasteiger partial charge in [-0.05, 0) is 31.7 Å². The Kier molecular flexibility index (Phi) is 3.50. The maximum Gasteiger partial charge on any atom is 0.0760 e. The molecule has 2 aromatic rings. The summed E-state index contributed by atoms with van der Waals surface area (Å²) in [6.07, 6.45) is 0. The van der Waals surface area contributed by atoms with Crippen LogP contribution in [0.2, 0.25) is 5.02 Å². The fraction of sp³-hybridized carbons (Fsp3) is 0.308. The van der Waals surface area contributed by atoms with E-state index in [4.69, 9.17) is 11.6 Å². The molecule has 0 aliphatic heterocycles. The van der Waals surface area contributed by atoms with Gasteiger partial charge in [-0.1, -0.05) is 29.8 Å². The molecule has 1 N–H and O–H groups in total. The van der Waals surface area contributed by atoms with E-state index in [1.807, 2.05) is 50.0 Å². The van der Waals surface area contributed by atoms with Crippen molar-refractivity contribution in [2.24, 2.45) is 7.05 Å². The molecule has 2 rings (SSSR count). The van der Waals surface area contributed by atoms with Crippen LogP contribution in [0, 0.1) is 6.92 Å². The molecule has 17 heavy (non-hydrogen) atoms. The summed E-state index contributed by atoms with van der Waals surface area (Å²) in [5.74, 6) is 0. The summed E-state index contributed by atoms with van der Waals surface area (Å²) in [5, 5.41) is 8.42. The second-order valence-electron chi connectivity index (χ2n) is 4.08. The molecule has 0 saturated heterocycles. The maximum absolute atomic E-state index is 6.24. The molecule has 0 aliphatic carbocycles. The molecule has 0 aliphatic rings. The first kappa shape index (κ1) is 12.1. The smallest absolute Gasteiger partial charge is 0.0760 e. The van der Waals surface area contributed by atoms with Crippen molar-refractivity contribution in [2.45, 2.75) is 13.0 Å². The summed E-state index contributed by atoms with van der Waals surface area (Å²) in [4.78, 5) is 0. The molecule has 0 bridgehead atoms. The van der Waals surface area contributed by atoms with Gasteiger partial charge in [0.15, 0.2) is 0 Å². The average molecular weight is 250 g/mol. The lowest BCUT2D eigenvalue weighted by Crippen LogP contribution is -2.20. The van der Waals surface area contributed by atoms with E-state index in [1.54, 1.807) is 0 Å². The van der Waals surface area contributed by atoms with Crippen molar-refractivity contribution in [1.82, 2.24) is 15.1 Å². The van der Waals surface area contributed by atoms with Crippen molar-refractivity contribution in [3.8, 4) is 0 Å². The van der Waals surface area contributed by atoms with E-state index in [9.17, 15) is 0 Å².